The van der Waals surface area contributed by atoms with Gasteiger partial charge in [0.05, 0.1) is 6.04 Å². The maximum absolute atomic E-state index is 11.8. The van der Waals surface area contributed by atoms with Crippen LogP contribution in [-0.4, -0.2) is 17.5 Å². The molecule has 2 rings (SSSR count). The van der Waals surface area contributed by atoms with Gasteiger partial charge >= 0.3 is 0 Å². The first-order valence-electron chi connectivity index (χ1n) is 6.21. The van der Waals surface area contributed by atoms with Gasteiger partial charge in [0.1, 0.15) is 0 Å². The molecular formula is C14H20N2O. The van der Waals surface area contributed by atoms with Gasteiger partial charge in [-0.2, -0.15) is 0 Å². The molecule has 1 aromatic carbocycles. The molecule has 1 atom stereocenters. The Morgan fingerprint density at radius 2 is 2.06 bits per heavy atom. The second-order valence-corrected chi connectivity index (χ2v) is 5.18. The molecule has 0 unspecified atom stereocenters. The molecule has 0 bridgehead atoms. The van der Waals surface area contributed by atoms with Crippen LogP contribution in [0, 0.1) is 0 Å². The maximum atomic E-state index is 11.8. The minimum absolute atomic E-state index is 0.0130. The Bertz CT molecular complexity index is 384. The summed E-state index contributed by atoms with van der Waals surface area (Å²) in [5, 5.41) is 3.00. The van der Waals surface area contributed by atoms with Crippen LogP contribution in [0.3, 0.4) is 0 Å². The first kappa shape index (κ1) is 12.1. The molecule has 1 fully saturated rings. The van der Waals surface area contributed by atoms with Crippen LogP contribution >= 0.6 is 0 Å². The van der Waals surface area contributed by atoms with Gasteiger partial charge in [0.25, 0.3) is 0 Å². The number of hydrogen-bond acceptors (Lipinski definition) is 2. The van der Waals surface area contributed by atoms with E-state index in [1.165, 1.54) is 5.56 Å². The van der Waals surface area contributed by atoms with Crippen LogP contribution in [0.5, 0.6) is 0 Å². The molecule has 1 aliphatic rings. The average molecular weight is 232 g/mol. The van der Waals surface area contributed by atoms with Crippen molar-refractivity contribution in [1.82, 2.24) is 5.32 Å². The van der Waals surface area contributed by atoms with Crippen molar-refractivity contribution in [1.29, 1.82) is 0 Å². The molecule has 3 nitrogen and oxygen atoms in total. The second kappa shape index (κ2) is 4.88. The van der Waals surface area contributed by atoms with E-state index in [2.05, 4.69) is 24.4 Å². The molecular weight excluding hydrogens is 212 g/mol. The first-order chi connectivity index (χ1) is 8.09. The molecule has 0 aromatic heterocycles. The quantitative estimate of drug-likeness (QED) is 0.810. The second-order valence-electron chi connectivity index (χ2n) is 5.18. The fraction of sp³-hybridized carbons (Fsp3) is 0.500. The van der Waals surface area contributed by atoms with E-state index in [0.717, 1.165) is 19.3 Å². The summed E-state index contributed by atoms with van der Waals surface area (Å²) in [5.74, 6) is -0.0130. The standard InChI is InChI=1S/C14H20N2O/c1-14(9-10-14)16-13(17)12(15)8-7-11-5-3-2-4-6-11/h2-6,12H,7-10,15H2,1H3,(H,16,17)/t12-/m0/s1. The summed E-state index contributed by atoms with van der Waals surface area (Å²) in [6.45, 7) is 2.06. The van der Waals surface area contributed by atoms with E-state index in [9.17, 15) is 4.79 Å². The maximum Gasteiger partial charge on any atom is 0.237 e. The van der Waals surface area contributed by atoms with E-state index in [1.807, 2.05) is 18.2 Å². The Morgan fingerprint density at radius 1 is 1.41 bits per heavy atom. The van der Waals surface area contributed by atoms with E-state index in [1.54, 1.807) is 0 Å². The predicted molar refractivity (Wildman–Crippen MR) is 68.5 cm³/mol. The van der Waals surface area contributed by atoms with Crippen molar-refractivity contribution in [2.75, 3.05) is 0 Å². The monoisotopic (exact) mass is 232 g/mol. The van der Waals surface area contributed by atoms with Gasteiger partial charge in [-0.25, -0.2) is 0 Å². The van der Waals surface area contributed by atoms with Gasteiger partial charge in [0.2, 0.25) is 5.91 Å². The Morgan fingerprint density at radius 3 is 2.65 bits per heavy atom. The van der Waals surface area contributed by atoms with Crippen molar-refractivity contribution in [2.24, 2.45) is 5.73 Å². The Kier molecular flexibility index (Phi) is 3.48. The zero-order valence-electron chi connectivity index (χ0n) is 10.3. The molecule has 1 aliphatic carbocycles. The summed E-state index contributed by atoms with van der Waals surface area (Å²) in [7, 11) is 0. The number of hydrogen-bond donors (Lipinski definition) is 2. The highest BCUT2D eigenvalue weighted by molar-refractivity contribution is 5.82. The minimum atomic E-state index is -0.396. The zero-order chi connectivity index (χ0) is 12.3. The van der Waals surface area contributed by atoms with Crippen LogP contribution in [-0.2, 0) is 11.2 Å². The molecule has 0 radical (unpaired) electrons. The van der Waals surface area contributed by atoms with Gasteiger partial charge in [-0.15, -0.1) is 0 Å². The van der Waals surface area contributed by atoms with Crippen molar-refractivity contribution in [3.8, 4) is 0 Å². The Balaban J connectivity index is 1.77. The van der Waals surface area contributed by atoms with Crippen molar-refractivity contribution in [3.05, 3.63) is 35.9 Å². The van der Waals surface area contributed by atoms with Crippen molar-refractivity contribution < 1.29 is 4.79 Å². The summed E-state index contributed by atoms with van der Waals surface area (Å²) in [4.78, 5) is 11.8. The van der Waals surface area contributed by atoms with Crippen LogP contribution in [0.15, 0.2) is 30.3 Å². The molecule has 3 heteroatoms. The van der Waals surface area contributed by atoms with Gasteiger partial charge in [-0.3, -0.25) is 4.79 Å². The lowest BCUT2D eigenvalue weighted by molar-refractivity contribution is -0.123. The highest BCUT2D eigenvalue weighted by atomic mass is 16.2. The Labute approximate surface area is 102 Å². The lowest BCUT2D eigenvalue weighted by Crippen LogP contribution is -2.45. The van der Waals surface area contributed by atoms with Crippen molar-refractivity contribution >= 4 is 5.91 Å². The molecule has 1 aromatic rings. The number of aryl methyl sites for hydroxylation is 1. The topological polar surface area (TPSA) is 55.1 Å². The molecule has 92 valence electrons. The van der Waals surface area contributed by atoms with Crippen molar-refractivity contribution in [3.63, 3.8) is 0 Å². The number of nitrogens with two attached hydrogens (primary N) is 1. The lowest BCUT2D eigenvalue weighted by atomic mass is 10.1. The third-order valence-corrected chi connectivity index (χ3v) is 3.35. The fourth-order valence-corrected chi connectivity index (χ4v) is 1.80. The number of benzene rings is 1. The van der Waals surface area contributed by atoms with Crippen LogP contribution in [0.1, 0.15) is 31.7 Å². The number of rotatable bonds is 5. The van der Waals surface area contributed by atoms with E-state index >= 15 is 0 Å². The third kappa shape index (κ3) is 3.56. The molecule has 0 aliphatic heterocycles. The molecule has 0 heterocycles. The number of carbonyl (C=O) groups excluding carboxylic acids is 1. The highest BCUT2D eigenvalue weighted by Crippen LogP contribution is 2.34. The van der Waals surface area contributed by atoms with Crippen molar-refractivity contribution in [2.45, 2.75) is 44.2 Å². The smallest absolute Gasteiger partial charge is 0.237 e. The normalized spacial score (nSPS) is 18.5. The van der Waals surface area contributed by atoms with E-state index < -0.39 is 6.04 Å². The molecule has 1 amide bonds. The molecule has 3 N–H and O–H groups in total. The van der Waals surface area contributed by atoms with Gasteiger partial charge < -0.3 is 11.1 Å². The summed E-state index contributed by atoms with van der Waals surface area (Å²) in [5.41, 5.74) is 7.15. The van der Waals surface area contributed by atoms with Crippen LogP contribution in [0.2, 0.25) is 0 Å². The van der Waals surface area contributed by atoms with Crippen LogP contribution < -0.4 is 11.1 Å². The molecule has 0 saturated heterocycles. The van der Waals surface area contributed by atoms with Gasteiger partial charge in [-0.1, -0.05) is 30.3 Å². The van der Waals surface area contributed by atoms with Gasteiger partial charge in [-0.05, 0) is 38.2 Å². The van der Waals surface area contributed by atoms with Gasteiger partial charge in [0.15, 0.2) is 0 Å². The summed E-state index contributed by atoms with van der Waals surface area (Å²) >= 11 is 0. The average Bonchev–Trinajstić information content (AvgIpc) is 3.05. The predicted octanol–water partition coefficient (Wildman–Crippen LogP) is 1.62. The zero-order valence-corrected chi connectivity index (χ0v) is 10.3. The minimum Gasteiger partial charge on any atom is -0.350 e. The van der Waals surface area contributed by atoms with E-state index in [4.69, 9.17) is 5.73 Å². The number of carbonyl (C=O) groups is 1. The summed E-state index contributed by atoms with van der Waals surface area (Å²) in [6.07, 6.45) is 3.70. The summed E-state index contributed by atoms with van der Waals surface area (Å²) < 4.78 is 0. The van der Waals surface area contributed by atoms with E-state index in [-0.39, 0.29) is 11.4 Å². The third-order valence-electron chi connectivity index (χ3n) is 3.35. The van der Waals surface area contributed by atoms with Crippen LogP contribution in [0.25, 0.3) is 0 Å². The fourth-order valence-electron chi connectivity index (χ4n) is 1.80. The Hall–Kier alpha value is -1.35. The molecule has 17 heavy (non-hydrogen) atoms. The van der Waals surface area contributed by atoms with Gasteiger partial charge in [0, 0.05) is 5.54 Å². The van der Waals surface area contributed by atoms with E-state index in [0.29, 0.717) is 6.42 Å². The number of amides is 1. The SMILES string of the molecule is CC1(NC(=O)[C@@H](N)CCc2ccccc2)CC1. The lowest BCUT2D eigenvalue weighted by Gasteiger charge is -2.16. The summed E-state index contributed by atoms with van der Waals surface area (Å²) in [6, 6.07) is 9.73. The van der Waals surface area contributed by atoms with Crippen LogP contribution in [0.4, 0.5) is 0 Å². The highest BCUT2D eigenvalue weighted by Gasteiger charge is 2.39. The first-order valence-corrected chi connectivity index (χ1v) is 6.21. The molecule has 1 saturated carbocycles. The largest absolute Gasteiger partial charge is 0.350 e. The molecule has 0 spiro atoms. The number of nitrogens with one attached hydrogen (secondary N) is 1.